The first kappa shape index (κ1) is 23.5. The monoisotopic (exact) mass is 508 g/mol. The maximum absolute atomic E-state index is 15.0. The Morgan fingerprint density at radius 1 is 1.19 bits per heavy atom. The summed E-state index contributed by atoms with van der Waals surface area (Å²) in [5, 5.41) is 2.88. The fourth-order valence-electron chi connectivity index (χ4n) is 5.31. The van der Waals surface area contributed by atoms with Crippen molar-refractivity contribution in [3.05, 3.63) is 54.9 Å². The van der Waals surface area contributed by atoms with Gasteiger partial charge in [0.15, 0.2) is 17.4 Å². The molecule has 1 N–H and O–H groups in total. The smallest absolute Gasteiger partial charge is 0.246 e. The summed E-state index contributed by atoms with van der Waals surface area (Å²) in [6.07, 6.45) is 4.39. The summed E-state index contributed by atoms with van der Waals surface area (Å²) in [4.78, 5) is 29.4. The van der Waals surface area contributed by atoms with Crippen LogP contribution in [0.5, 0.6) is 5.75 Å². The molecular formula is C26H26F2N6O3. The largest absolute Gasteiger partial charge is 0.490 e. The molecule has 0 radical (unpaired) electrons. The Kier molecular flexibility index (Phi) is 6.07. The Morgan fingerprint density at radius 3 is 2.84 bits per heavy atom. The zero-order chi connectivity index (χ0) is 25.5. The molecule has 2 aromatic heterocycles. The molecule has 3 aliphatic rings. The number of carbonyl (C=O) groups is 1. The SMILES string of the molecule is C=CC(=O)N1C[C@@H]2C[C@H]1CN2c1ccc2ncnc(Nc3ccc(OC[C@@H]4CCOC4)c(F)c3F)c2n1. The molecule has 11 heteroatoms. The molecule has 0 aliphatic carbocycles. The Balaban J connectivity index is 1.23. The molecule has 0 saturated carbocycles. The lowest BCUT2D eigenvalue weighted by molar-refractivity contribution is -0.127. The van der Waals surface area contributed by atoms with Gasteiger partial charge >= 0.3 is 0 Å². The average Bonchev–Trinajstić information content (AvgIpc) is 3.68. The van der Waals surface area contributed by atoms with Gasteiger partial charge in [0.25, 0.3) is 0 Å². The third-order valence-electron chi connectivity index (χ3n) is 7.26. The molecule has 3 aromatic rings. The third-order valence-corrected chi connectivity index (χ3v) is 7.26. The summed E-state index contributed by atoms with van der Waals surface area (Å²) in [6, 6.07) is 6.77. The van der Waals surface area contributed by atoms with Crippen LogP contribution in [0.25, 0.3) is 11.0 Å². The number of halogens is 2. The summed E-state index contributed by atoms with van der Waals surface area (Å²) in [5.74, 6) is -1.18. The van der Waals surface area contributed by atoms with Crippen LogP contribution in [0.3, 0.4) is 0 Å². The van der Waals surface area contributed by atoms with Crippen molar-refractivity contribution in [1.29, 1.82) is 0 Å². The van der Waals surface area contributed by atoms with Gasteiger partial charge in [-0.15, -0.1) is 0 Å². The zero-order valence-corrected chi connectivity index (χ0v) is 20.1. The van der Waals surface area contributed by atoms with Crippen molar-refractivity contribution in [2.24, 2.45) is 5.92 Å². The molecule has 192 valence electrons. The number of rotatable bonds is 7. The summed E-state index contributed by atoms with van der Waals surface area (Å²) >= 11 is 0. The van der Waals surface area contributed by atoms with E-state index in [2.05, 4.69) is 26.8 Å². The molecule has 37 heavy (non-hydrogen) atoms. The Hall–Kier alpha value is -3.86. The minimum Gasteiger partial charge on any atom is -0.490 e. The number of likely N-dealkylation sites (tertiary alicyclic amines) is 1. The van der Waals surface area contributed by atoms with Crippen LogP contribution in [0, 0.1) is 17.6 Å². The van der Waals surface area contributed by atoms with Crippen LogP contribution in [0.1, 0.15) is 12.8 Å². The number of amides is 1. The number of nitrogens with one attached hydrogen (secondary N) is 1. The van der Waals surface area contributed by atoms with Gasteiger partial charge in [0, 0.05) is 25.6 Å². The highest BCUT2D eigenvalue weighted by Gasteiger charge is 2.45. The second-order valence-corrected chi connectivity index (χ2v) is 9.55. The Labute approximate surface area is 212 Å². The van der Waals surface area contributed by atoms with E-state index in [0.717, 1.165) is 18.7 Å². The number of hydrogen-bond acceptors (Lipinski definition) is 8. The van der Waals surface area contributed by atoms with Gasteiger partial charge in [0.05, 0.1) is 36.5 Å². The fourth-order valence-corrected chi connectivity index (χ4v) is 5.31. The number of pyridine rings is 1. The number of anilines is 3. The zero-order valence-electron chi connectivity index (χ0n) is 20.1. The standard InChI is InChI=1S/C26H26F2N6O3/c1-2-22(35)34-11-16-9-17(34)10-33(16)21-6-4-19-25(32-21)26(30-14-29-19)31-18-3-5-20(24(28)23(18)27)37-13-15-7-8-36-12-15/h2-6,14-17H,1,7-13H2,(H,29,30,31)/t15-,16+,17+/m1/s1. The van der Waals surface area contributed by atoms with Crippen LogP contribution in [0.4, 0.5) is 26.1 Å². The molecule has 2 bridgehead atoms. The number of fused-ring (bicyclic) bond motifs is 3. The van der Waals surface area contributed by atoms with Crippen molar-refractivity contribution in [2.45, 2.75) is 24.9 Å². The van der Waals surface area contributed by atoms with Crippen molar-refractivity contribution in [2.75, 3.05) is 43.1 Å². The van der Waals surface area contributed by atoms with Gasteiger partial charge in [0.2, 0.25) is 11.7 Å². The summed E-state index contributed by atoms with van der Waals surface area (Å²) in [7, 11) is 0. The molecule has 3 aliphatic heterocycles. The van der Waals surface area contributed by atoms with E-state index in [1.165, 1.54) is 24.5 Å². The van der Waals surface area contributed by atoms with Crippen molar-refractivity contribution >= 4 is 34.3 Å². The minimum atomic E-state index is -1.07. The molecule has 3 saturated heterocycles. The summed E-state index contributed by atoms with van der Waals surface area (Å²) in [6.45, 7) is 6.34. The van der Waals surface area contributed by atoms with Gasteiger partial charge in [-0.25, -0.2) is 19.3 Å². The Bertz CT molecular complexity index is 1370. The van der Waals surface area contributed by atoms with Gasteiger partial charge in [-0.1, -0.05) is 6.58 Å². The van der Waals surface area contributed by atoms with Crippen LogP contribution >= 0.6 is 0 Å². The van der Waals surface area contributed by atoms with Crippen molar-refractivity contribution < 1.29 is 23.0 Å². The van der Waals surface area contributed by atoms with Crippen LogP contribution < -0.4 is 15.0 Å². The first-order chi connectivity index (χ1) is 18.0. The first-order valence-corrected chi connectivity index (χ1v) is 12.3. The van der Waals surface area contributed by atoms with Gasteiger partial charge in [0.1, 0.15) is 17.7 Å². The normalized spacial score (nSPS) is 22.6. The number of aromatic nitrogens is 3. The lowest BCUT2D eigenvalue weighted by Crippen LogP contribution is -2.48. The lowest BCUT2D eigenvalue weighted by Gasteiger charge is -2.34. The molecule has 3 fully saturated rings. The van der Waals surface area contributed by atoms with E-state index in [1.807, 2.05) is 17.0 Å². The molecule has 9 nitrogen and oxygen atoms in total. The minimum absolute atomic E-state index is 0.0586. The van der Waals surface area contributed by atoms with E-state index in [1.54, 1.807) is 0 Å². The number of piperazine rings is 1. The predicted octanol–water partition coefficient (Wildman–Crippen LogP) is 3.44. The summed E-state index contributed by atoms with van der Waals surface area (Å²) in [5.41, 5.74) is 0.914. The van der Waals surface area contributed by atoms with E-state index < -0.39 is 11.6 Å². The maximum atomic E-state index is 15.0. The van der Waals surface area contributed by atoms with Gasteiger partial charge in [-0.2, -0.15) is 4.39 Å². The van der Waals surface area contributed by atoms with E-state index in [4.69, 9.17) is 14.5 Å². The summed E-state index contributed by atoms with van der Waals surface area (Å²) < 4.78 is 40.5. The molecule has 0 spiro atoms. The van der Waals surface area contributed by atoms with Gasteiger partial charge in [-0.3, -0.25) is 4.79 Å². The fraction of sp³-hybridized carbons (Fsp3) is 0.385. The lowest BCUT2D eigenvalue weighted by atomic mass is 10.1. The van der Waals surface area contributed by atoms with E-state index in [0.29, 0.717) is 37.3 Å². The maximum Gasteiger partial charge on any atom is 0.246 e. The van der Waals surface area contributed by atoms with Crippen LogP contribution in [-0.4, -0.2) is 70.8 Å². The topological polar surface area (TPSA) is 92.7 Å². The Morgan fingerprint density at radius 2 is 2.08 bits per heavy atom. The number of benzene rings is 1. The molecule has 6 rings (SSSR count). The molecule has 0 unspecified atom stereocenters. The third kappa shape index (κ3) is 4.33. The molecule has 1 aromatic carbocycles. The molecule has 1 amide bonds. The first-order valence-electron chi connectivity index (χ1n) is 12.3. The van der Waals surface area contributed by atoms with Gasteiger partial charge in [-0.05, 0) is 43.2 Å². The quantitative estimate of drug-likeness (QED) is 0.486. The van der Waals surface area contributed by atoms with Crippen molar-refractivity contribution in [3.63, 3.8) is 0 Å². The number of carbonyl (C=O) groups excluding carboxylic acids is 1. The van der Waals surface area contributed by atoms with E-state index in [-0.39, 0.29) is 47.8 Å². The van der Waals surface area contributed by atoms with Crippen LogP contribution in [0.2, 0.25) is 0 Å². The number of hydrogen-bond donors (Lipinski definition) is 1. The highest BCUT2D eigenvalue weighted by molar-refractivity contribution is 5.89. The highest BCUT2D eigenvalue weighted by atomic mass is 19.2. The number of nitrogens with zero attached hydrogens (tertiary/aromatic N) is 5. The van der Waals surface area contributed by atoms with Gasteiger partial charge < -0.3 is 24.6 Å². The number of ether oxygens (including phenoxy) is 2. The van der Waals surface area contributed by atoms with Crippen molar-refractivity contribution in [1.82, 2.24) is 19.9 Å². The molecular weight excluding hydrogens is 482 g/mol. The van der Waals surface area contributed by atoms with Crippen molar-refractivity contribution in [3.8, 4) is 5.75 Å². The molecule has 5 heterocycles. The second kappa shape index (κ2) is 9.55. The average molecular weight is 509 g/mol. The van der Waals surface area contributed by atoms with E-state index in [9.17, 15) is 13.6 Å². The molecule has 3 atom stereocenters. The highest BCUT2D eigenvalue weighted by Crippen LogP contribution is 2.35. The van der Waals surface area contributed by atoms with Crippen LogP contribution in [-0.2, 0) is 9.53 Å². The predicted molar refractivity (Wildman–Crippen MR) is 133 cm³/mol. The van der Waals surface area contributed by atoms with E-state index >= 15 is 0 Å². The second-order valence-electron chi connectivity index (χ2n) is 9.55. The van der Waals surface area contributed by atoms with Crippen LogP contribution in [0.15, 0.2) is 43.2 Å².